The summed E-state index contributed by atoms with van der Waals surface area (Å²) in [7, 11) is 4.04. The van der Waals surface area contributed by atoms with Crippen LogP contribution >= 0.6 is 15.9 Å². The van der Waals surface area contributed by atoms with Gasteiger partial charge in [0.2, 0.25) is 5.91 Å². The van der Waals surface area contributed by atoms with Crippen LogP contribution in [-0.2, 0) is 4.79 Å². The Balaban J connectivity index is 4.02. The third-order valence-corrected chi connectivity index (χ3v) is 2.43. The summed E-state index contributed by atoms with van der Waals surface area (Å²) in [5.41, 5.74) is 0. The van der Waals surface area contributed by atoms with E-state index in [1.54, 1.807) is 0 Å². The lowest BCUT2D eigenvalue weighted by Gasteiger charge is -2.25. The third kappa shape index (κ3) is 6.38. The van der Waals surface area contributed by atoms with Crippen molar-refractivity contribution in [3.8, 4) is 0 Å². The van der Waals surface area contributed by atoms with Crippen LogP contribution in [0, 0.1) is 5.92 Å². The Labute approximate surface area is 95.4 Å². The molecule has 0 rings (SSSR count). The Bertz CT molecular complexity index is 172. The lowest BCUT2D eigenvalue weighted by molar-refractivity contribution is -0.121. The average Bonchev–Trinajstić information content (AvgIpc) is 2.02. The van der Waals surface area contributed by atoms with Crippen molar-refractivity contribution in [1.29, 1.82) is 0 Å². The molecule has 0 aliphatic heterocycles. The predicted molar refractivity (Wildman–Crippen MR) is 63.7 cm³/mol. The molecule has 0 saturated carbocycles. The normalized spacial score (nSPS) is 13.4. The van der Waals surface area contributed by atoms with E-state index in [1.807, 2.05) is 14.1 Å². The van der Waals surface area contributed by atoms with Crippen LogP contribution in [0.1, 0.15) is 20.3 Å². The highest BCUT2D eigenvalue weighted by Crippen LogP contribution is 2.03. The molecule has 0 aliphatic carbocycles. The largest absolute Gasteiger partial charge is 0.352 e. The maximum atomic E-state index is 11.4. The summed E-state index contributed by atoms with van der Waals surface area (Å²) in [5.74, 6) is 0.596. The number of carbonyl (C=O) groups excluding carboxylic acids is 1. The van der Waals surface area contributed by atoms with Crippen molar-refractivity contribution in [3.05, 3.63) is 0 Å². The minimum Gasteiger partial charge on any atom is -0.352 e. The van der Waals surface area contributed by atoms with Crippen LogP contribution in [0.25, 0.3) is 0 Å². The number of nitrogens with zero attached hydrogens (tertiary/aromatic N) is 1. The molecule has 0 radical (unpaired) electrons. The van der Waals surface area contributed by atoms with Gasteiger partial charge < -0.3 is 10.2 Å². The Morgan fingerprint density at radius 3 is 2.36 bits per heavy atom. The number of likely N-dealkylation sites (N-methyl/N-ethyl adjacent to an activating group) is 1. The molecule has 1 unspecified atom stereocenters. The van der Waals surface area contributed by atoms with Crippen molar-refractivity contribution in [1.82, 2.24) is 10.2 Å². The molecule has 0 bridgehead atoms. The lowest BCUT2D eigenvalue weighted by atomic mass is 10.0. The zero-order valence-electron chi connectivity index (χ0n) is 9.51. The van der Waals surface area contributed by atoms with Crippen LogP contribution < -0.4 is 5.32 Å². The van der Waals surface area contributed by atoms with E-state index in [-0.39, 0.29) is 11.9 Å². The monoisotopic (exact) mass is 264 g/mol. The van der Waals surface area contributed by atoms with Gasteiger partial charge in [0, 0.05) is 24.3 Å². The molecule has 0 saturated heterocycles. The fraction of sp³-hybridized carbons (Fsp3) is 0.900. The van der Waals surface area contributed by atoms with Gasteiger partial charge in [0.25, 0.3) is 0 Å². The van der Waals surface area contributed by atoms with Crippen LogP contribution in [-0.4, -0.2) is 42.8 Å². The Kier molecular flexibility index (Phi) is 7.19. The first-order chi connectivity index (χ1) is 6.47. The van der Waals surface area contributed by atoms with E-state index in [4.69, 9.17) is 0 Å². The SMILES string of the molecule is CC(C)C(CN(C)C)NC(=O)CCBr. The van der Waals surface area contributed by atoms with Gasteiger partial charge in [-0.15, -0.1) is 0 Å². The summed E-state index contributed by atoms with van der Waals surface area (Å²) in [6.45, 7) is 5.15. The fourth-order valence-corrected chi connectivity index (χ4v) is 1.54. The van der Waals surface area contributed by atoms with Gasteiger partial charge in [-0.05, 0) is 20.0 Å². The Hall–Kier alpha value is -0.0900. The minimum atomic E-state index is 0.127. The van der Waals surface area contributed by atoms with E-state index in [0.717, 1.165) is 11.9 Å². The topological polar surface area (TPSA) is 32.3 Å². The number of rotatable bonds is 6. The quantitative estimate of drug-likeness (QED) is 0.738. The van der Waals surface area contributed by atoms with E-state index >= 15 is 0 Å². The molecule has 84 valence electrons. The predicted octanol–water partition coefficient (Wildman–Crippen LogP) is 1.47. The summed E-state index contributed by atoms with van der Waals surface area (Å²) in [4.78, 5) is 13.5. The summed E-state index contributed by atoms with van der Waals surface area (Å²) in [6.07, 6.45) is 0.552. The molecule has 0 aromatic heterocycles. The molecule has 0 aromatic carbocycles. The Morgan fingerprint density at radius 1 is 1.43 bits per heavy atom. The van der Waals surface area contributed by atoms with Gasteiger partial charge in [-0.1, -0.05) is 29.8 Å². The number of hydrogen-bond acceptors (Lipinski definition) is 2. The average molecular weight is 265 g/mol. The second-order valence-corrected chi connectivity index (χ2v) is 4.91. The fourth-order valence-electron chi connectivity index (χ4n) is 1.18. The van der Waals surface area contributed by atoms with Gasteiger partial charge in [0.15, 0.2) is 0 Å². The van der Waals surface area contributed by atoms with Gasteiger partial charge >= 0.3 is 0 Å². The summed E-state index contributed by atoms with van der Waals surface area (Å²) >= 11 is 3.26. The molecule has 0 aliphatic rings. The molecule has 1 atom stereocenters. The highest BCUT2D eigenvalue weighted by molar-refractivity contribution is 9.09. The maximum absolute atomic E-state index is 11.4. The summed E-state index contributed by atoms with van der Waals surface area (Å²) in [6, 6.07) is 0.247. The molecule has 1 N–H and O–H groups in total. The van der Waals surface area contributed by atoms with E-state index < -0.39 is 0 Å². The molecular formula is C10H21BrN2O. The van der Waals surface area contributed by atoms with Gasteiger partial charge in [0.05, 0.1) is 0 Å². The number of alkyl halides is 1. The molecule has 4 heteroatoms. The first kappa shape index (κ1) is 13.9. The highest BCUT2D eigenvalue weighted by atomic mass is 79.9. The molecule has 0 heterocycles. The van der Waals surface area contributed by atoms with Crippen molar-refractivity contribution >= 4 is 21.8 Å². The number of hydrogen-bond donors (Lipinski definition) is 1. The van der Waals surface area contributed by atoms with Crippen LogP contribution in [0.3, 0.4) is 0 Å². The van der Waals surface area contributed by atoms with Gasteiger partial charge in [0.1, 0.15) is 0 Å². The first-order valence-electron chi connectivity index (χ1n) is 4.97. The number of halogens is 1. The molecule has 0 aromatic rings. The smallest absolute Gasteiger partial charge is 0.221 e. The van der Waals surface area contributed by atoms with Crippen LogP contribution in [0.4, 0.5) is 0 Å². The molecule has 3 nitrogen and oxygen atoms in total. The van der Waals surface area contributed by atoms with Gasteiger partial charge in [-0.3, -0.25) is 4.79 Å². The van der Waals surface area contributed by atoms with Crippen molar-refractivity contribution < 1.29 is 4.79 Å². The van der Waals surface area contributed by atoms with E-state index in [9.17, 15) is 4.79 Å². The van der Waals surface area contributed by atoms with Crippen molar-refractivity contribution in [2.45, 2.75) is 26.3 Å². The first-order valence-corrected chi connectivity index (χ1v) is 6.09. The van der Waals surface area contributed by atoms with E-state index in [2.05, 4.69) is 40.0 Å². The summed E-state index contributed by atoms with van der Waals surface area (Å²) < 4.78 is 0. The number of carbonyl (C=O) groups is 1. The van der Waals surface area contributed by atoms with Gasteiger partial charge in [-0.25, -0.2) is 0 Å². The highest BCUT2D eigenvalue weighted by Gasteiger charge is 2.16. The second kappa shape index (κ2) is 7.23. The second-order valence-electron chi connectivity index (χ2n) is 4.12. The molecule has 0 spiro atoms. The zero-order chi connectivity index (χ0) is 11.1. The van der Waals surface area contributed by atoms with Crippen LogP contribution in [0.2, 0.25) is 0 Å². The number of nitrogens with one attached hydrogen (secondary N) is 1. The molecule has 0 fully saturated rings. The molecule has 14 heavy (non-hydrogen) atoms. The van der Waals surface area contributed by atoms with Gasteiger partial charge in [-0.2, -0.15) is 0 Å². The van der Waals surface area contributed by atoms with E-state index in [1.165, 1.54) is 0 Å². The zero-order valence-corrected chi connectivity index (χ0v) is 11.1. The maximum Gasteiger partial charge on any atom is 0.221 e. The Morgan fingerprint density at radius 2 is 2.00 bits per heavy atom. The van der Waals surface area contributed by atoms with Crippen molar-refractivity contribution in [2.24, 2.45) is 5.92 Å². The van der Waals surface area contributed by atoms with Crippen molar-refractivity contribution in [3.63, 3.8) is 0 Å². The standard InChI is InChI=1S/C10H21BrN2O/c1-8(2)9(7-13(3)4)12-10(14)5-6-11/h8-9H,5-7H2,1-4H3,(H,12,14). The van der Waals surface area contributed by atoms with E-state index in [0.29, 0.717) is 12.3 Å². The minimum absolute atomic E-state index is 0.127. The molecule has 1 amide bonds. The number of amides is 1. The van der Waals surface area contributed by atoms with Crippen molar-refractivity contribution in [2.75, 3.05) is 26.0 Å². The van der Waals surface area contributed by atoms with Crippen LogP contribution in [0.15, 0.2) is 0 Å². The van der Waals surface area contributed by atoms with Crippen LogP contribution in [0.5, 0.6) is 0 Å². The lowest BCUT2D eigenvalue weighted by Crippen LogP contribution is -2.45. The summed E-state index contributed by atoms with van der Waals surface area (Å²) in [5, 5.41) is 3.77. The molecular weight excluding hydrogens is 244 g/mol. The third-order valence-electron chi connectivity index (χ3n) is 2.03.